The largest absolute Gasteiger partial charge is 0.466 e. The van der Waals surface area contributed by atoms with E-state index in [1.807, 2.05) is 13.8 Å². The Balaban J connectivity index is 4.03. The zero-order valence-corrected chi connectivity index (χ0v) is 7.94. The smallest absolute Gasteiger partial charge is 0.330 e. The highest BCUT2D eigenvalue weighted by Crippen LogP contribution is 2.09. The Morgan fingerprint density at radius 1 is 1.70 bits per heavy atom. The number of allylic oxidation sites excluding steroid dienone is 1. The van der Waals surface area contributed by atoms with E-state index in [9.17, 15) is 4.79 Å². The number of rotatable bonds is 2. The van der Waals surface area contributed by atoms with Crippen molar-refractivity contribution in [3.63, 3.8) is 0 Å². The molecule has 0 saturated carbocycles. The maximum Gasteiger partial charge on any atom is 0.330 e. The second kappa shape index (κ2) is 4.50. The molecule has 10 heavy (non-hydrogen) atoms. The van der Waals surface area contributed by atoms with Crippen molar-refractivity contribution in [2.75, 3.05) is 7.11 Å². The van der Waals surface area contributed by atoms with Crippen LogP contribution in [0.4, 0.5) is 0 Å². The topological polar surface area (TPSA) is 26.3 Å². The van der Waals surface area contributed by atoms with Gasteiger partial charge in [0, 0.05) is 10.9 Å². The Kier molecular flexibility index (Phi) is 4.36. The van der Waals surface area contributed by atoms with Crippen molar-refractivity contribution in [1.82, 2.24) is 0 Å². The lowest BCUT2D eigenvalue weighted by atomic mass is 10.2. The van der Waals surface area contributed by atoms with Crippen LogP contribution >= 0.6 is 15.9 Å². The van der Waals surface area contributed by atoms with E-state index in [0.717, 1.165) is 5.57 Å². The van der Waals surface area contributed by atoms with E-state index < -0.39 is 0 Å². The van der Waals surface area contributed by atoms with Gasteiger partial charge < -0.3 is 4.74 Å². The standard InChI is InChI=1S/C7H11BrO2/c1-5(6(2)8)4-7(9)10-3/h4,6H,1-3H3/b5-4+. The van der Waals surface area contributed by atoms with E-state index in [2.05, 4.69) is 20.7 Å². The van der Waals surface area contributed by atoms with Crippen molar-refractivity contribution in [1.29, 1.82) is 0 Å². The minimum absolute atomic E-state index is 0.228. The molecule has 0 aromatic rings. The summed E-state index contributed by atoms with van der Waals surface area (Å²) in [5.41, 5.74) is 0.965. The van der Waals surface area contributed by atoms with Gasteiger partial charge in [0.25, 0.3) is 0 Å². The maximum atomic E-state index is 10.6. The molecule has 0 rings (SSSR count). The Labute approximate surface area is 69.4 Å². The van der Waals surface area contributed by atoms with E-state index in [1.54, 1.807) is 0 Å². The summed E-state index contributed by atoms with van der Waals surface area (Å²) in [7, 11) is 1.37. The molecule has 0 N–H and O–H groups in total. The van der Waals surface area contributed by atoms with Crippen molar-refractivity contribution in [2.45, 2.75) is 18.7 Å². The zero-order chi connectivity index (χ0) is 8.15. The van der Waals surface area contributed by atoms with E-state index in [1.165, 1.54) is 13.2 Å². The van der Waals surface area contributed by atoms with Crippen LogP contribution in [0.1, 0.15) is 13.8 Å². The normalized spacial score (nSPS) is 14.6. The average Bonchev–Trinajstić information content (AvgIpc) is 1.87. The fraction of sp³-hybridized carbons (Fsp3) is 0.571. The molecule has 0 aliphatic heterocycles. The highest BCUT2D eigenvalue weighted by Gasteiger charge is 2.00. The molecule has 0 aromatic heterocycles. The predicted octanol–water partition coefficient (Wildman–Crippen LogP) is 1.89. The summed E-state index contributed by atoms with van der Waals surface area (Å²) in [6.45, 7) is 3.82. The summed E-state index contributed by atoms with van der Waals surface area (Å²) in [5.74, 6) is -0.302. The van der Waals surface area contributed by atoms with Crippen molar-refractivity contribution >= 4 is 21.9 Å². The molecule has 0 aromatic carbocycles. The molecule has 1 atom stereocenters. The molecule has 1 unspecified atom stereocenters. The number of hydrogen-bond donors (Lipinski definition) is 0. The van der Waals surface area contributed by atoms with Crippen LogP contribution in [-0.2, 0) is 9.53 Å². The molecule has 0 spiro atoms. The first kappa shape index (κ1) is 9.69. The molecule has 0 aliphatic rings. The van der Waals surface area contributed by atoms with Gasteiger partial charge in [0.2, 0.25) is 0 Å². The van der Waals surface area contributed by atoms with E-state index in [4.69, 9.17) is 0 Å². The van der Waals surface area contributed by atoms with Gasteiger partial charge in [-0.3, -0.25) is 0 Å². The number of esters is 1. The number of carbonyl (C=O) groups excluding carboxylic acids is 1. The van der Waals surface area contributed by atoms with E-state index in [0.29, 0.717) is 0 Å². The third-order valence-electron chi connectivity index (χ3n) is 1.17. The van der Waals surface area contributed by atoms with Crippen LogP contribution in [0, 0.1) is 0 Å². The number of carbonyl (C=O) groups is 1. The summed E-state index contributed by atoms with van der Waals surface area (Å²) in [6, 6.07) is 0. The van der Waals surface area contributed by atoms with Gasteiger partial charge >= 0.3 is 5.97 Å². The summed E-state index contributed by atoms with van der Waals surface area (Å²) in [4.78, 5) is 10.8. The lowest BCUT2D eigenvalue weighted by Gasteiger charge is -2.00. The third-order valence-corrected chi connectivity index (χ3v) is 1.90. The Hall–Kier alpha value is -0.310. The molecular weight excluding hydrogens is 196 g/mol. The van der Waals surface area contributed by atoms with Gasteiger partial charge in [0.15, 0.2) is 0 Å². The summed E-state index contributed by atoms with van der Waals surface area (Å²) < 4.78 is 4.43. The molecule has 0 fully saturated rings. The highest BCUT2D eigenvalue weighted by atomic mass is 79.9. The summed E-state index contributed by atoms with van der Waals surface area (Å²) >= 11 is 3.32. The molecule has 0 saturated heterocycles. The van der Waals surface area contributed by atoms with Crippen molar-refractivity contribution < 1.29 is 9.53 Å². The molecule has 0 radical (unpaired) electrons. The fourth-order valence-corrected chi connectivity index (χ4v) is 0.492. The quantitative estimate of drug-likeness (QED) is 0.392. The summed E-state index contributed by atoms with van der Waals surface area (Å²) in [5, 5.41) is 0. The Morgan fingerprint density at radius 3 is 2.50 bits per heavy atom. The van der Waals surface area contributed by atoms with Crippen LogP contribution in [0.3, 0.4) is 0 Å². The maximum absolute atomic E-state index is 10.6. The van der Waals surface area contributed by atoms with Gasteiger partial charge in [0.05, 0.1) is 7.11 Å². The van der Waals surface area contributed by atoms with Crippen LogP contribution in [0.2, 0.25) is 0 Å². The highest BCUT2D eigenvalue weighted by molar-refractivity contribution is 9.09. The first-order valence-electron chi connectivity index (χ1n) is 2.98. The minimum atomic E-state index is -0.302. The number of ether oxygens (including phenoxy) is 1. The minimum Gasteiger partial charge on any atom is -0.466 e. The van der Waals surface area contributed by atoms with Crippen LogP contribution < -0.4 is 0 Å². The monoisotopic (exact) mass is 206 g/mol. The van der Waals surface area contributed by atoms with Crippen molar-refractivity contribution in [3.05, 3.63) is 11.6 Å². The second-order valence-electron chi connectivity index (χ2n) is 2.03. The summed E-state index contributed by atoms with van der Waals surface area (Å²) in [6.07, 6.45) is 1.47. The SMILES string of the molecule is COC(=O)/C=C(\C)C(C)Br. The van der Waals surface area contributed by atoms with E-state index in [-0.39, 0.29) is 10.8 Å². The number of alkyl halides is 1. The predicted molar refractivity (Wildman–Crippen MR) is 44.2 cm³/mol. The zero-order valence-electron chi connectivity index (χ0n) is 6.35. The van der Waals surface area contributed by atoms with Crippen LogP contribution in [0.25, 0.3) is 0 Å². The number of halogens is 1. The number of methoxy groups -OCH3 is 1. The molecular formula is C7H11BrO2. The van der Waals surface area contributed by atoms with Crippen LogP contribution in [0.5, 0.6) is 0 Å². The molecule has 0 amide bonds. The second-order valence-corrected chi connectivity index (χ2v) is 3.40. The van der Waals surface area contributed by atoms with Gasteiger partial charge in [0.1, 0.15) is 0 Å². The lowest BCUT2D eigenvalue weighted by molar-refractivity contribution is -0.134. The van der Waals surface area contributed by atoms with Crippen molar-refractivity contribution in [2.24, 2.45) is 0 Å². The molecule has 0 bridgehead atoms. The molecule has 3 heteroatoms. The molecule has 0 aliphatic carbocycles. The van der Waals surface area contributed by atoms with Gasteiger partial charge in [-0.2, -0.15) is 0 Å². The fourth-order valence-electron chi connectivity index (χ4n) is 0.360. The Morgan fingerprint density at radius 2 is 2.20 bits per heavy atom. The molecule has 58 valence electrons. The van der Waals surface area contributed by atoms with Gasteiger partial charge in [-0.05, 0) is 13.8 Å². The first-order chi connectivity index (χ1) is 4.57. The first-order valence-corrected chi connectivity index (χ1v) is 3.89. The van der Waals surface area contributed by atoms with Crippen LogP contribution in [0.15, 0.2) is 11.6 Å². The number of hydrogen-bond acceptors (Lipinski definition) is 2. The Bertz CT molecular complexity index is 150. The van der Waals surface area contributed by atoms with Gasteiger partial charge in [-0.1, -0.05) is 21.5 Å². The van der Waals surface area contributed by atoms with E-state index >= 15 is 0 Å². The van der Waals surface area contributed by atoms with Crippen LogP contribution in [-0.4, -0.2) is 17.9 Å². The average molecular weight is 207 g/mol. The van der Waals surface area contributed by atoms with Crippen molar-refractivity contribution in [3.8, 4) is 0 Å². The van der Waals surface area contributed by atoms with Gasteiger partial charge in [-0.15, -0.1) is 0 Å². The molecule has 2 nitrogen and oxygen atoms in total. The lowest BCUT2D eigenvalue weighted by Crippen LogP contribution is -2.00. The van der Waals surface area contributed by atoms with Gasteiger partial charge in [-0.25, -0.2) is 4.79 Å². The third kappa shape index (κ3) is 3.67. The molecule has 0 heterocycles.